The number of amides is 1. The van der Waals surface area contributed by atoms with Gasteiger partial charge in [0.1, 0.15) is 6.07 Å². The predicted molar refractivity (Wildman–Crippen MR) is 86.5 cm³/mol. The second-order valence-electron chi connectivity index (χ2n) is 5.26. The van der Waals surface area contributed by atoms with Crippen molar-refractivity contribution in [2.24, 2.45) is 0 Å². The molecular weight excluding hydrogens is 274 g/mol. The lowest BCUT2D eigenvalue weighted by molar-refractivity contribution is -0.115. The minimum absolute atomic E-state index is 0.130. The number of aromatic nitrogens is 1. The normalized spacial score (nSPS) is 10.4. The van der Waals surface area contributed by atoms with Crippen molar-refractivity contribution in [1.29, 1.82) is 5.26 Å². The number of carbonyl (C=O) groups excluding carboxylic acids is 1. The fourth-order valence-electron chi connectivity index (χ4n) is 2.51. The number of benzene rings is 2. The standard InChI is InChI=1S/C18H15N3O/c1-12-8-15-9-13(6-7-17(15)20-12)10-18(22)21-16-5-3-2-4-14(16)11-19/h2-9,20H,10H2,1H3,(H,21,22). The SMILES string of the molecule is Cc1cc2cc(CC(=O)Nc3ccccc3C#N)ccc2[nH]1. The van der Waals surface area contributed by atoms with Gasteiger partial charge in [-0.15, -0.1) is 0 Å². The van der Waals surface area contributed by atoms with Crippen molar-refractivity contribution in [1.82, 2.24) is 4.98 Å². The van der Waals surface area contributed by atoms with Gasteiger partial charge in [0.25, 0.3) is 0 Å². The maximum Gasteiger partial charge on any atom is 0.228 e. The Balaban J connectivity index is 1.76. The molecule has 0 atom stereocenters. The summed E-state index contributed by atoms with van der Waals surface area (Å²) in [4.78, 5) is 15.4. The molecule has 0 radical (unpaired) electrons. The summed E-state index contributed by atoms with van der Waals surface area (Å²) in [6, 6.07) is 17.0. The van der Waals surface area contributed by atoms with Gasteiger partial charge < -0.3 is 10.3 Å². The van der Waals surface area contributed by atoms with Crippen LogP contribution < -0.4 is 5.32 Å². The van der Waals surface area contributed by atoms with Crippen molar-refractivity contribution >= 4 is 22.5 Å². The first-order valence-corrected chi connectivity index (χ1v) is 7.03. The summed E-state index contributed by atoms with van der Waals surface area (Å²) in [5, 5.41) is 12.9. The molecule has 3 rings (SSSR count). The minimum atomic E-state index is -0.130. The molecule has 0 aliphatic heterocycles. The van der Waals surface area contributed by atoms with Gasteiger partial charge in [-0.2, -0.15) is 5.26 Å². The van der Waals surface area contributed by atoms with E-state index in [0.29, 0.717) is 11.3 Å². The Morgan fingerprint density at radius 3 is 2.86 bits per heavy atom. The van der Waals surface area contributed by atoms with Gasteiger partial charge in [-0.05, 0) is 48.2 Å². The Morgan fingerprint density at radius 2 is 2.05 bits per heavy atom. The van der Waals surface area contributed by atoms with E-state index in [2.05, 4.69) is 22.4 Å². The van der Waals surface area contributed by atoms with Crippen LogP contribution in [0, 0.1) is 18.3 Å². The zero-order valence-corrected chi connectivity index (χ0v) is 12.2. The quantitative estimate of drug-likeness (QED) is 0.774. The number of nitriles is 1. The summed E-state index contributed by atoms with van der Waals surface area (Å²) in [6.07, 6.45) is 0.278. The molecule has 1 heterocycles. The van der Waals surface area contributed by atoms with Crippen molar-refractivity contribution in [2.75, 3.05) is 5.32 Å². The summed E-state index contributed by atoms with van der Waals surface area (Å²) in [5.41, 5.74) is 4.12. The fraction of sp³-hybridized carbons (Fsp3) is 0.111. The Kier molecular flexibility index (Phi) is 3.63. The first-order chi connectivity index (χ1) is 10.7. The highest BCUT2D eigenvalue weighted by molar-refractivity contribution is 5.94. The Hall–Kier alpha value is -3.06. The highest BCUT2D eigenvalue weighted by atomic mass is 16.1. The Bertz CT molecular complexity index is 887. The molecule has 4 heteroatoms. The van der Waals surface area contributed by atoms with Crippen LogP contribution in [0.1, 0.15) is 16.8 Å². The number of aryl methyl sites for hydroxylation is 1. The van der Waals surface area contributed by atoms with Crippen LogP contribution in [-0.4, -0.2) is 10.9 Å². The molecule has 2 aromatic carbocycles. The Labute approximate surface area is 128 Å². The third-order valence-electron chi connectivity index (χ3n) is 3.51. The molecule has 0 fully saturated rings. The first kappa shape index (κ1) is 13.9. The van der Waals surface area contributed by atoms with Gasteiger partial charge in [-0.3, -0.25) is 4.79 Å². The van der Waals surface area contributed by atoms with Gasteiger partial charge >= 0.3 is 0 Å². The summed E-state index contributed by atoms with van der Waals surface area (Å²) >= 11 is 0. The van der Waals surface area contributed by atoms with Crippen LogP contribution >= 0.6 is 0 Å². The topological polar surface area (TPSA) is 68.7 Å². The number of fused-ring (bicyclic) bond motifs is 1. The van der Waals surface area contributed by atoms with E-state index in [9.17, 15) is 4.79 Å². The van der Waals surface area contributed by atoms with Crippen molar-refractivity contribution < 1.29 is 4.79 Å². The maximum atomic E-state index is 12.2. The van der Waals surface area contributed by atoms with Gasteiger partial charge in [-0.25, -0.2) is 0 Å². The lowest BCUT2D eigenvalue weighted by atomic mass is 10.1. The molecule has 3 aromatic rings. The molecule has 4 nitrogen and oxygen atoms in total. The van der Waals surface area contributed by atoms with Crippen LogP contribution in [0.25, 0.3) is 10.9 Å². The number of rotatable bonds is 3. The molecule has 0 aliphatic carbocycles. The molecule has 1 aromatic heterocycles. The van der Waals surface area contributed by atoms with Crippen molar-refractivity contribution in [3.63, 3.8) is 0 Å². The van der Waals surface area contributed by atoms with Crippen LogP contribution in [0.5, 0.6) is 0 Å². The zero-order valence-electron chi connectivity index (χ0n) is 12.2. The number of carbonyl (C=O) groups is 1. The number of nitrogens with zero attached hydrogens (tertiary/aromatic N) is 1. The van der Waals surface area contributed by atoms with Crippen LogP contribution in [0.2, 0.25) is 0 Å². The van der Waals surface area contributed by atoms with Crippen LogP contribution in [-0.2, 0) is 11.2 Å². The number of aromatic amines is 1. The number of anilines is 1. The summed E-state index contributed by atoms with van der Waals surface area (Å²) in [7, 11) is 0. The smallest absolute Gasteiger partial charge is 0.228 e. The monoisotopic (exact) mass is 289 g/mol. The molecule has 0 spiro atoms. The van der Waals surface area contributed by atoms with E-state index in [1.54, 1.807) is 24.3 Å². The van der Waals surface area contributed by atoms with E-state index in [1.807, 2.05) is 25.1 Å². The lowest BCUT2D eigenvalue weighted by Crippen LogP contribution is -2.15. The maximum absolute atomic E-state index is 12.2. The molecule has 0 saturated heterocycles. The number of para-hydroxylation sites is 1. The fourth-order valence-corrected chi connectivity index (χ4v) is 2.51. The van der Waals surface area contributed by atoms with Crippen LogP contribution in [0.3, 0.4) is 0 Å². The van der Waals surface area contributed by atoms with E-state index in [1.165, 1.54) is 0 Å². The molecule has 22 heavy (non-hydrogen) atoms. The molecule has 0 saturated carbocycles. The van der Waals surface area contributed by atoms with Crippen LogP contribution in [0.15, 0.2) is 48.5 Å². The third kappa shape index (κ3) is 2.84. The average molecular weight is 289 g/mol. The number of H-pyrrole nitrogens is 1. The van der Waals surface area contributed by atoms with E-state index >= 15 is 0 Å². The lowest BCUT2D eigenvalue weighted by Gasteiger charge is -2.07. The van der Waals surface area contributed by atoms with Gasteiger partial charge in [-0.1, -0.05) is 18.2 Å². The molecule has 0 bridgehead atoms. The molecular formula is C18H15N3O. The van der Waals surface area contributed by atoms with Gasteiger partial charge in [0, 0.05) is 11.2 Å². The minimum Gasteiger partial charge on any atom is -0.359 e. The molecule has 1 amide bonds. The summed E-state index contributed by atoms with van der Waals surface area (Å²) in [5.74, 6) is -0.130. The van der Waals surface area contributed by atoms with Gasteiger partial charge in [0.05, 0.1) is 17.7 Å². The van der Waals surface area contributed by atoms with Crippen molar-refractivity contribution in [2.45, 2.75) is 13.3 Å². The van der Waals surface area contributed by atoms with Crippen molar-refractivity contribution in [3.8, 4) is 6.07 Å². The summed E-state index contributed by atoms with van der Waals surface area (Å²) in [6.45, 7) is 2.01. The highest BCUT2D eigenvalue weighted by Crippen LogP contribution is 2.18. The third-order valence-corrected chi connectivity index (χ3v) is 3.51. The number of nitrogens with one attached hydrogen (secondary N) is 2. The number of hydrogen-bond donors (Lipinski definition) is 2. The molecule has 108 valence electrons. The van der Waals surface area contributed by atoms with E-state index in [0.717, 1.165) is 22.2 Å². The second kappa shape index (κ2) is 5.74. The highest BCUT2D eigenvalue weighted by Gasteiger charge is 2.08. The molecule has 0 aliphatic rings. The average Bonchev–Trinajstić information content (AvgIpc) is 2.87. The summed E-state index contributed by atoms with van der Waals surface area (Å²) < 4.78 is 0. The molecule has 2 N–H and O–H groups in total. The van der Waals surface area contributed by atoms with E-state index in [-0.39, 0.29) is 12.3 Å². The predicted octanol–water partition coefficient (Wildman–Crippen LogP) is 3.53. The molecule has 0 unspecified atom stereocenters. The van der Waals surface area contributed by atoms with Gasteiger partial charge in [0.15, 0.2) is 0 Å². The van der Waals surface area contributed by atoms with Gasteiger partial charge in [0.2, 0.25) is 5.91 Å². The largest absolute Gasteiger partial charge is 0.359 e. The van der Waals surface area contributed by atoms with E-state index < -0.39 is 0 Å². The van der Waals surface area contributed by atoms with E-state index in [4.69, 9.17) is 5.26 Å². The zero-order chi connectivity index (χ0) is 15.5. The Morgan fingerprint density at radius 1 is 1.23 bits per heavy atom. The second-order valence-corrected chi connectivity index (χ2v) is 5.26. The number of hydrogen-bond acceptors (Lipinski definition) is 2. The first-order valence-electron chi connectivity index (χ1n) is 7.03. The van der Waals surface area contributed by atoms with Crippen LogP contribution in [0.4, 0.5) is 5.69 Å². The van der Waals surface area contributed by atoms with Crippen molar-refractivity contribution in [3.05, 3.63) is 65.4 Å².